The summed E-state index contributed by atoms with van der Waals surface area (Å²) in [5, 5.41) is 4.08. The first-order chi connectivity index (χ1) is 14.1. The smallest absolute Gasteiger partial charge is 0.225 e. The number of hydrogen-bond acceptors (Lipinski definition) is 4. The Morgan fingerprint density at radius 3 is 3.03 bits per heavy atom. The molecule has 7 heteroatoms. The summed E-state index contributed by atoms with van der Waals surface area (Å²) in [4.78, 5) is 34.0. The Morgan fingerprint density at radius 2 is 2.24 bits per heavy atom. The highest BCUT2D eigenvalue weighted by Gasteiger charge is 2.34. The number of H-pyrrole nitrogens is 1. The molecular formula is C22H24N4O3. The summed E-state index contributed by atoms with van der Waals surface area (Å²) in [7, 11) is 1.65. The lowest BCUT2D eigenvalue weighted by atomic mass is 10.1. The monoisotopic (exact) mass is 392 g/mol. The number of benzene rings is 1. The van der Waals surface area contributed by atoms with Crippen molar-refractivity contribution in [3.05, 3.63) is 60.0 Å². The van der Waals surface area contributed by atoms with Crippen LogP contribution in [0.2, 0.25) is 0 Å². The molecule has 1 atom stereocenters. The topological polar surface area (TPSA) is 87.3 Å². The number of amides is 2. The van der Waals surface area contributed by atoms with E-state index in [1.54, 1.807) is 18.2 Å². The van der Waals surface area contributed by atoms with Gasteiger partial charge in [0.05, 0.1) is 25.3 Å². The number of carbonyl (C=O) groups is 2. The number of nitrogens with zero attached hydrogens (tertiary/aromatic N) is 2. The molecule has 150 valence electrons. The number of rotatable bonds is 7. The van der Waals surface area contributed by atoms with Gasteiger partial charge in [-0.15, -0.1) is 0 Å². The molecule has 0 bridgehead atoms. The third-order valence-electron chi connectivity index (χ3n) is 5.33. The van der Waals surface area contributed by atoms with Gasteiger partial charge < -0.3 is 19.9 Å². The molecule has 7 nitrogen and oxygen atoms in total. The molecule has 0 aliphatic carbocycles. The second-order valence-electron chi connectivity index (χ2n) is 7.26. The Labute approximate surface area is 169 Å². The highest BCUT2D eigenvalue weighted by atomic mass is 16.5. The largest absolute Gasteiger partial charge is 0.497 e. The average molecular weight is 392 g/mol. The number of ether oxygens (including phenoxy) is 1. The number of pyridine rings is 1. The minimum absolute atomic E-state index is 0.000438. The van der Waals surface area contributed by atoms with Crippen LogP contribution < -0.4 is 10.1 Å². The van der Waals surface area contributed by atoms with Gasteiger partial charge in [0.15, 0.2) is 0 Å². The molecule has 3 heterocycles. The van der Waals surface area contributed by atoms with E-state index in [1.165, 1.54) is 0 Å². The van der Waals surface area contributed by atoms with Crippen LogP contribution in [0.5, 0.6) is 5.75 Å². The van der Waals surface area contributed by atoms with Crippen LogP contribution >= 0.6 is 0 Å². The van der Waals surface area contributed by atoms with E-state index < -0.39 is 0 Å². The van der Waals surface area contributed by atoms with Crippen LogP contribution in [0.15, 0.2) is 48.8 Å². The fourth-order valence-corrected chi connectivity index (χ4v) is 3.74. The van der Waals surface area contributed by atoms with Gasteiger partial charge in [0.25, 0.3) is 0 Å². The molecule has 1 aliphatic rings. The molecule has 2 aromatic heterocycles. The zero-order valence-corrected chi connectivity index (χ0v) is 16.4. The van der Waals surface area contributed by atoms with Crippen molar-refractivity contribution < 1.29 is 14.3 Å². The summed E-state index contributed by atoms with van der Waals surface area (Å²) in [6.07, 6.45) is 4.63. The first kappa shape index (κ1) is 19.0. The SMILES string of the molecule is COc1ccc2[nH]cc(CCNC(=O)C3CC(=O)N(Cc4ccccn4)C3)c2c1. The van der Waals surface area contributed by atoms with Gasteiger partial charge in [-0.05, 0) is 42.3 Å². The van der Waals surface area contributed by atoms with E-state index in [1.807, 2.05) is 42.6 Å². The number of likely N-dealkylation sites (tertiary alicyclic amines) is 1. The van der Waals surface area contributed by atoms with E-state index >= 15 is 0 Å². The van der Waals surface area contributed by atoms with Gasteiger partial charge in [-0.25, -0.2) is 0 Å². The second-order valence-corrected chi connectivity index (χ2v) is 7.26. The summed E-state index contributed by atoms with van der Waals surface area (Å²) in [5.74, 6) is 0.424. The van der Waals surface area contributed by atoms with E-state index in [0.717, 1.165) is 27.9 Å². The predicted octanol–water partition coefficient (Wildman–Crippen LogP) is 2.28. The van der Waals surface area contributed by atoms with Crippen LogP contribution in [0.1, 0.15) is 17.7 Å². The maximum absolute atomic E-state index is 12.5. The highest BCUT2D eigenvalue weighted by molar-refractivity contribution is 5.89. The Bertz CT molecular complexity index is 1020. The molecule has 0 saturated carbocycles. The van der Waals surface area contributed by atoms with Crippen LogP contribution in [0.3, 0.4) is 0 Å². The number of carbonyl (C=O) groups excluding carboxylic acids is 2. The highest BCUT2D eigenvalue weighted by Crippen LogP contribution is 2.24. The van der Waals surface area contributed by atoms with E-state index in [9.17, 15) is 9.59 Å². The van der Waals surface area contributed by atoms with Crippen LogP contribution in [-0.4, -0.2) is 46.9 Å². The Hall–Kier alpha value is -3.35. The van der Waals surface area contributed by atoms with Crippen molar-refractivity contribution in [3.8, 4) is 5.75 Å². The second kappa shape index (κ2) is 8.34. The maximum Gasteiger partial charge on any atom is 0.225 e. The molecule has 1 aliphatic heterocycles. The van der Waals surface area contributed by atoms with E-state index in [0.29, 0.717) is 26.1 Å². The Balaban J connectivity index is 1.31. The summed E-state index contributed by atoms with van der Waals surface area (Å²) >= 11 is 0. The van der Waals surface area contributed by atoms with Gasteiger partial charge >= 0.3 is 0 Å². The number of methoxy groups -OCH3 is 1. The molecule has 2 amide bonds. The third-order valence-corrected chi connectivity index (χ3v) is 5.33. The number of aromatic amines is 1. The lowest BCUT2D eigenvalue weighted by molar-refractivity contribution is -0.129. The minimum Gasteiger partial charge on any atom is -0.497 e. The number of aromatic nitrogens is 2. The lowest BCUT2D eigenvalue weighted by Gasteiger charge is -2.16. The van der Waals surface area contributed by atoms with Crippen LogP contribution in [-0.2, 0) is 22.6 Å². The van der Waals surface area contributed by atoms with Crippen LogP contribution in [0.25, 0.3) is 10.9 Å². The molecule has 4 rings (SSSR count). The summed E-state index contributed by atoms with van der Waals surface area (Å²) in [5.41, 5.74) is 2.99. The molecule has 1 saturated heterocycles. The molecule has 1 aromatic carbocycles. The standard InChI is InChI=1S/C22H24N4O3/c1-29-18-5-6-20-19(11-18)15(12-25-20)7-9-24-22(28)16-10-21(27)26(13-16)14-17-4-2-3-8-23-17/h2-6,8,11-12,16,25H,7,9-10,13-14H2,1H3,(H,24,28). The van der Waals surface area contributed by atoms with Gasteiger partial charge in [0.1, 0.15) is 5.75 Å². The van der Waals surface area contributed by atoms with Crippen molar-refractivity contribution >= 4 is 22.7 Å². The molecular weight excluding hydrogens is 368 g/mol. The quantitative estimate of drug-likeness (QED) is 0.646. The number of fused-ring (bicyclic) bond motifs is 1. The zero-order valence-electron chi connectivity index (χ0n) is 16.4. The molecule has 3 aromatic rings. The normalized spacial score (nSPS) is 16.4. The fraction of sp³-hybridized carbons (Fsp3) is 0.318. The van der Waals surface area contributed by atoms with Crippen molar-refractivity contribution in [1.29, 1.82) is 0 Å². The van der Waals surface area contributed by atoms with E-state index in [2.05, 4.69) is 15.3 Å². The Morgan fingerprint density at radius 1 is 1.34 bits per heavy atom. The summed E-state index contributed by atoms with van der Waals surface area (Å²) < 4.78 is 5.29. The van der Waals surface area contributed by atoms with Crippen molar-refractivity contribution in [3.63, 3.8) is 0 Å². The van der Waals surface area contributed by atoms with Crippen LogP contribution in [0, 0.1) is 5.92 Å². The summed E-state index contributed by atoms with van der Waals surface area (Å²) in [6, 6.07) is 11.5. The summed E-state index contributed by atoms with van der Waals surface area (Å²) in [6.45, 7) is 1.40. The zero-order chi connectivity index (χ0) is 20.2. The van der Waals surface area contributed by atoms with Crippen molar-refractivity contribution in [2.45, 2.75) is 19.4 Å². The third kappa shape index (κ3) is 4.23. The van der Waals surface area contributed by atoms with Gasteiger partial charge in [0, 0.05) is 42.8 Å². The van der Waals surface area contributed by atoms with E-state index in [4.69, 9.17) is 4.74 Å². The van der Waals surface area contributed by atoms with Gasteiger partial charge in [-0.1, -0.05) is 6.07 Å². The molecule has 0 spiro atoms. The van der Waals surface area contributed by atoms with Crippen LogP contribution in [0.4, 0.5) is 0 Å². The first-order valence-corrected chi connectivity index (χ1v) is 9.73. The van der Waals surface area contributed by atoms with Gasteiger partial charge in [0.2, 0.25) is 11.8 Å². The molecule has 0 radical (unpaired) electrons. The van der Waals surface area contributed by atoms with Gasteiger partial charge in [-0.2, -0.15) is 0 Å². The molecule has 29 heavy (non-hydrogen) atoms. The molecule has 1 fully saturated rings. The fourth-order valence-electron chi connectivity index (χ4n) is 3.74. The van der Waals surface area contributed by atoms with E-state index in [-0.39, 0.29) is 24.2 Å². The lowest BCUT2D eigenvalue weighted by Crippen LogP contribution is -2.34. The average Bonchev–Trinajstić information content (AvgIpc) is 3.32. The molecule has 1 unspecified atom stereocenters. The van der Waals surface area contributed by atoms with Crippen molar-refractivity contribution in [1.82, 2.24) is 20.2 Å². The Kier molecular flexibility index (Phi) is 5.46. The predicted molar refractivity (Wildman–Crippen MR) is 109 cm³/mol. The number of hydrogen-bond donors (Lipinski definition) is 2. The van der Waals surface area contributed by atoms with Crippen molar-refractivity contribution in [2.75, 3.05) is 20.2 Å². The maximum atomic E-state index is 12.5. The first-order valence-electron chi connectivity index (χ1n) is 9.73. The van der Waals surface area contributed by atoms with Crippen molar-refractivity contribution in [2.24, 2.45) is 5.92 Å². The number of nitrogens with one attached hydrogen (secondary N) is 2. The molecule has 2 N–H and O–H groups in total. The minimum atomic E-state index is -0.311. The van der Waals surface area contributed by atoms with Gasteiger partial charge in [-0.3, -0.25) is 14.6 Å².